The van der Waals surface area contributed by atoms with Gasteiger partial charge in [-0.05, 0) is 48.6 Å². The van der Waals surface area contributed by atoms with Crippen molar-refractivity contribution in [1.82, 2.24) is 4.98 Å². The molecule has 2 heterocycles. The van der Waals surface area contributed by atoms with Crippen LogP contribution in [0.5, 0.6) is 0 Å². The molecular formula is C18H16N2O3S2. The maximum absolute atomic E-state index is 12.5. The maximum atomic E-state index is 12.5. The number of ether oxygens (including phenoxy) is 1. The summed E-state index contributed by atoms with van der Waals surface area (Å²) in [6.07, 6.45) is 0. The number of methoxy groups -OCH3 is 1. The fraction of sp³-hybridized carbons (Fsp3) is 0.167. The molecule has 3 aromatic rings. The van der Waals surface area contributed by atoms with Gasteiger partial charge in [-0.1, -0.05) is 0 Å². The normalized spacial score (nSPS) is 10.5. The van der Waals surface area contributed by atoms with Crippen molar-refractivity contribution in [2.24, 2.45) is 0 Å². The van der Waals surface area contributed by atoms with Gasteiger partial charge in [0.15, 0.2) is 0 Å². The molecule has 7 heteroatoms. The molecule has 25 heavy (non-hydrogen) atoms. The second-order valence-corrected chi connectivity index (χ2v) is 7.10. The molecule has 0 aliphatic carbocycles. The topological polar surface area (TPSA) is 68.3 Å². The smallest absolute Gasteiger partial charge is 0.338 e. The number of rotatable bonds is 4. The van der Waals surface area contributed by atoms with Gasteiger partial charge in [0.1, 0.15) is 10.7 Å². The summed E-state index contributed by atoms with van der Waals surface area (Å²) in [5.41, 5.74) is 4.07. The van der Waals surface area contributed by atoms with Gasteiger partial charge in [0.25, 0.3) is 5.91 Å². The SMILES string of the molecule is COC(=O)c1cc(NC(=O)c2csc(-c3ccsc3)n2)cc(C)c1C. The van der Waals surface area contributed by atoms with Crippen LogP contribution < -0.4 is 5.32 Å². The molecule has 1 amide bonds. The number of thiophene rings is 1. The number of aromatic nitrogens is 1. The minimum Gasteiger partial charge on any atom is -0.465 e. The fourth-order valence-electron chi connectivity index (χ4n) is 2.35. The van der Waals surface area contributed by atoms with Crippen LogP contribution in [0.15, 0.2) is 34.3 Å². The number of anilines is 1. The lowest BCUT2D eigenvalue weighted by Crippen LogP contribution is -2.14. The zero-order valence-corrected chi connectivity index (χ0v) is 15.6. The quantitative estimate of drug-likeness (QED) is 0.683. The van der Waals surface area contributed by atoms with Crippen LogP contribution in [0.1, 0.15) is 32.0 Å². The number of esters is 1. The van der Waals surface area contributed by atoms with E-state index in [0.717, 1.165) is 21.7 Å². The van der Waals surface area contributed by atoms with Crippen LogP contribution in [-0.4, -0.2) is 24.0 Å². The second-order valence-electron chi connectivity index (χ2n) is 5.46. The van der Waals surface area contributed by atoms with Gasteiger partial charge >= 0.3 is 5.97 Å². The summed E-state index contributed by atoms with van der Waals surface area (Å²) >= 11 is 3.01. The molecule has 0 bridgehead atoms. The van der Waals surface area contributed by atoms with Gasteiger partial charge in [-0.15, -0.1) is 11.3 Å². The molecule has 0 atom stereocenters. The summed E-state index contributed by atoms with van der Waals surface area (Å²) in [7, 11) is 1.34. The number of carbonyl (C=O) groups is 2. The highest BCUT2D eigenvalue weighted by Crippen LogP contribution is 2.26. The minimum atomic E-state index is -0.426. The Morgan fingerprint density at radius 3 is 2.68 bits per heavy atom. The van der Waals surface area contributed by atoms with Gasteiger partial charge in [-0.3, -0.25) is 4.79 Å². The summed E-state index contributed by atoms with van der Waals surface area (Å²) in [6.45, 7) is 3.73. The number of nitrogens with zero attached hydrogens (tertiary/aromatic N) is 1. The van der Waals surface area contributed by atoms with Crippen LogP contribution in [0.4, 0.5) is 5.69 Å². The Kier molecular flexibility index (Phi) is 4.96. The first-order chi connectivity index (χ1) is 12.0. The van der Waals surface area contributed by atoms with Crippen molar-refractivity contribution in [3.63, 3.8) is 0 Å². The molecule has 1 aromatic carbocycles. The van der Waals surface area contributed by atoms with Crippen molar-refractivity contribution >= 4 is 40.2 Å². The first-order valence-electron chi connectivity index (χ1n) is 7.48. The average Bonchev–Trinajstić information content (AvgIpc) is 3.28. The van der Waals surface area contributed by atoms with E-state index in [4.69, 9.17) is 4.74 Å². The number of amides is 1. The lowest BCUT2D eigenvalue weighted by atomic mass is 10.0. The third-order valence-corrected chi connectivity index (χ3v) is 5.41. The molecule has 0 unspecified atom stereocenters. The van der Waals surface area contributed by atoms with E-state index in [1.54, 1.807) is 22.8 Å². The Hall–Kier alpha value is -2.51. The molecule has 128 valence electrons. The van der Waals surface area contributed by atoms with Crippen LogP contribution in [-0.2, 0) is 4.74 Å². The van der Waals surface area contributed by atoms with Gasteiger partial charge in [0.2, 0.25) is 0 Å². The zero-order valence-electron chi connectivity index (χ0n) is 14.0. The number of thiazole rings is 1. The molecular weight excluding hydrogens is 356 g/mol. The van der Waals surface area contributed by atoms with Crippen molar-refractivity contribution in [2.75, 3.05) is 12.4 Å². The lowest BCUT2D eigenvalue weighted by Gasteiger charge is -2.11. The average molecular weight is 372 g/mol. The minimum absolute atomic E-state index is 0.309. The number of hydrogen-bond donors (Lipinski definition) is 1. The fourth-order valence-corrected chi connectivity index (χ4v) is 3.86. The molecule has 2 aromatic heterocycles. The number of benzene rings is 1. The highest BCUT2D eigenvalue weighted by molar-refractivity contribution is 7.14. The number of carbonyl (C=O) groups excluding carboxylic acids is 2. The van der Waals surface area contributed by atoms with Crippen LogP contribution in [0.3, 0.4) is 0 Å². The van der Waals surface area contributed by atoms with Gasteiger partial charge in [0, 0.05) is 22.0 Å². The van der Waals surface area contributed by atoms with E-state index < -0.39 is 5.97 Å². The maximum Gasteiger partial charge on any atom is 0.338 e. The van der Waals surface area contributed by atoms with E-state index in [9.17, 15) is 9.59 Å². The largest absolute Gasteiger partial charge is 0.465 e. The second kappa shape index (κ2) is 7.16. The van der Waals surface area contributed by atoms with Crippen molar-refractivity contribution in [1.29, 1.82) is 0 Å². The van der Waals surface area contributed by atoms with E-state index in [1.165, 1.54) is 18.4 Å². The van der Waals surface area contributed by atoms with Gasteiger partial charge in [-0.2, -0.15) is 11.3 Å². The molecule has 1 N–H and O–H groups in total. The molecule has 5 nitrogen and oxygen atoms in total. The Balaban J connectivity index is 1.84. The van der Waals surface area contributed by atoms with Crippen molar-refractivity contribution in [3.8, 4) is 10.6 Å². The molecule has 0 fully saturated rings. The first-order valence-corrected chi connectivity index (χ1v) is 9.31. The summed E-state index contributed by atoms with van der Waals surface area (Å²) in [5.74, 6) is -0.734. The molecule has 0 spiro atoms. The molecule has 0 aliphatic heterocycles. The van der Waals surface area contributed by atoms with Crippen LogP contribution in [0, 0.1) is 13.8 Å². The number of hydrogen-bond acceptors (Lipinski definition) is 6. The Morgan fingerprint density at radius 2 is 2.00 bits per heavy atom. The van der Waals surface area contributed by atoms with E-state index in [1.807, 2.05) is 36.7 Å². The monoisotopic (exact) mass is 372 g/mol. The standard InChI is InChI=1S/C18H16N2O3S2/c1-10-6-13(7-14(11(10)2)18(22)23-3)19-16(21)15-9-25-17(20-15)12-4-5-24-8-12/h4-9H,1-3H3,(H,19,21). The first kappa shape index (κ1) is 17.3. The summed E-state index contributed by atoms with van der Waals surface area (Å²) in [6, 6.07) is 5.42. The summed E-state index contributed by atoms with van der Waals surface area (Å²) < 4.78 is 4.80. The number of nitrogens with one attached hydrogen (secondary N) is 1. The van der Waals surface area contributed by atoms with E-state index >= 15 is 0 Å². The predicted octanol–water partition coefficient (Wildman–Crippen LogP) is 4.53. The summed E-state index contributed by atoms with van der Waals surface area (Å²) in [4.78, 5) is 28.7. The molecule has 3 rings (SSSR count). The Bertz CT molecular complexity index is 930. The van der Waals surface area contributed by atoms with E-state index in [2.05, 4.69) is 10.3 Å². The molecule has 0 aliphatic rings. The highest BCUT2D eigenvalue weighted by Gasteiger charge is 2.16. The van der Waals surface area contributed by atoms with Crippen molar-refractivity contribution < 1.29 is 14.3 Å². The van der Waals surface area contributed by atoms with Gasteiger partial charge < -0.3 is 10.1 Å². The Morgan fingerprint density at radius 1 is 1.20 bits per heavy atom. The lowest BCUT2D eigenvalue weighted by molar-refractivity contribution is 0.0599. The summed E-state index contributed by atoms with van der Waals surface area (Å²) in [5, 5.41) is 9.30. The molecule has 0 saturated carbocycles. The predicted molar refractivity (Wildman–Crippen MR) is 101 cm³/mol. The van der Waals surface area contributed by atoms with Crippen molar-refractivity contribution in [3.05, 3.63) is 56.7 Å². The highest BCUT2D eigenvalue weighted by atomic mass is 32.1. The third kappa shape index (κ3) is 3.62. The van der Waals surface area contributed by atoms with Crippen molar-refractivity contribution in [2.45, 2.75) is 13.8 Å². The molecule has 0 saturated heterocycles. The van der Waals surface area contributed by atoms with Crippen LogP contribution in [0.2, 0.25) is 0 Å². The van der Waals surface area contributed by atoms with E-state index in [0.29, 0.717) is 16.9 Å². The van der Waals surface area contributed by atoms with Crippen LogP contribution in [0.25, 0.3) is 10.6 Å². The molecule has 0 radical (unpaired) electrons. The van der Waals surface area contributed by atoms with E-state index in [-0.39, 0.29) is 5.91 Å². The van der Waals surface area contributed by atoms with Gasteiger partial charge in [-0.25, -0.2) is 9.78 Å². The van der Waals surface area contributed by atoms with Crippen LogP contribution >= 0.6 is 22.7 Å². The Labute approximate surface area is 153 Å². The van der Waals surface area contributed by atoms with Gasteiger partial charge in [0.05, 0.1) is 12.7 Å². The number of aryl methyl sites for hydroxylation is 1. The third-order valence-electron chi connectivity index (χ3n) is 3.84. The zero-order chi connectivity index (χ0) is 18.0.